The molecule has 1 aromatic heterocycles. The van der Waals surface area contributed by atoms with Crippen molar-refractivity contribution in [2.24, 2.45) is 17.8 Å². The number of carbonyl (C=O) groups excluding carboxylic acids is 4. The van der Waals surface area contributed by atoms with Gasteiger partial charge in [0.25, 0.3) is 0 Å². The van der Waals surface area contributed by atoms with Gasteiger partial charge in [-0.05, 0) is 67.8 Å². The second kappa shape index (κ2) is 22.7. The second-order valence-electron chi connectivity index (χ2n) is 16.2. The van der Waals surface area contributed by atoms with E-state index in [1.807, 2.05) is 105 Å². The van der Waals surface area contributed by atoms with Gasteiger partial charge in [0.15, 0.2) is 0 Å². The Morgan fingerprint density at radius 1 is 0.983 bits per heavy atom. The van der Waals surface area contributed by atoms with E-state index in [4.69, 9.17) is 4.74 Å². The summed E-state index contributed by atoms with van der Waals surface area (Å²) in [5.41, 5.74) is 3.22. The van der Waals surface area contributed by atoms with Crippen LogP contribution in [-0.2, 0) is 36.9 Å². The first-order chi connectivity index (χ1) is 27.8. The van der Waals surface area contributed by atoms with Gasteiger partial charge in [-0.1, -0.05) is 83.5 Å². The van der Waals surface area contributed by atoms with Crippen LogP contribution in [-0.4, -0.2) is 109 Å². The molecular weight excluding hydrogens is 751 g/mol. The molecule has 4 unspecified atom stereocenters. The molecule has 0 radical (unpaired) electrons. The first kappa shape index (κ1) is 46.4. The van der Waals surface area contributed by atoms with Gasteiger partial charge in [0, 0.05) is 64.0 Å². The van der Waals surface area contributed by atoms with Gasteiger partial charge in [0.1, 0.15) is 5.01 Å². The summed E-state index contributed by atoms with van der Waals surface area (Å²) in [4.78, 5) is 65.1. The zero-order valence-corrected chi connectivity index (χ0v) is 36.9. The molecule has 1 aliphatic rings. The Balaban J connectivity index is 1.35. The quantitative estimate of drug-likeness (QED) is 0.110. The molecular formula is C45H67N7O5S. The van der Waals surface area contributed by atoms with Crippen LogP contribution in [0.2, 0.25) is 0 Å². The van der Waals surface area contributed by atoms with Gasteiger partial charge >= 0.3 is 0 Å². The molecule has 1 fully saturated rings. The van der Waals surface area contributed by atoms with Crippen molar-refractivity contribution in [3.8, 4) is 0 Å². The number of likely N-dealkylation sites (tertiary alicyclic amines) is 1. The minimum Gasteiger partial charge on any atom is -0.388 e. The number of ether oxygens (including phenoxy) is 1. The van der Waals surface area contributed by atoms with Crippen molar-refractivity contribution >= 4 is 40.7 Å². The number of rotatable bonds is 22. The molecule has 58 heavy (non-hydrogen) atoms. The highest BCUT2D eigenvalue weighted by atomic mass is 32.1. The molecule has 2 aromatic carbocycles. The average Bonchev–Trinajstić information content (AvgIpc) is 3.94. The van der Waals surface area contributed by atoms with E-state index in [0.717, 1.165) is 41.1 Å². The summed E-state index contributed by atoms with van der Waals surface area (Å²) in [6.07, 6.45) is 5.00. The molecule has 0 aliphatic carbocycles. The summed E-state index contributed by atoms with van der Waals surface area (Å²) in [7, 11) is 7.20. The number of benzene rings is 2. The number of amides is 4. The van der Waals surface area contributed by atoms with Crippen molar-refractivity contribution in [2.75, 3.05) is 46.7 Å². The molecule has 13 heteroatoms. The average molecular weight is 818 g/mol. The Bertz CT molecular complexity index is 1720. The molecule has 7 atom stereocenters. The molecule has 3 N–H and O–H groups in total. The summed E-state index contributed by atoms with van der Waals surface area (Å²) < 4.78 is 6.01. The number of anilines is 1. The number of aromatic nitrogens is 1. The third kappa shape index (κ3) is 12.6. The topological polar surface area (TPSA) is 136 Å². The molecule has 0 spiro atoms. The summed E-state index contributed by atoms with van der Waals surface area (Å²) >= 11 is 1.51. The molecule has 4 rings (SSSR count). The van der Waals surface area contributed by atoms with E-state index in [1.54, 1.807) is 25.3 Å². The first-order valence-electron chi connectivity index (χ1n) is 20.9. The van der Waals surface area contributed by atoms with Crippen molar-refractivity contribution in [2.45, 2.75) is 110 Å². The van der Waals surface area contributed by atoms with Gasteiger partial charge in [-0.3, -0.25) is 24.1 Å². The van der Waals surface area contributed by atoms with Crippen molar-refractivity contribution in [1.82, 2.24) is 30.3 Å². The minimum absolute atomic E-state index is 0.00670. The highest BCUT2D eigenvalue weighted by Gasteiger charge is 2.40. The maximum atomic E-state index is 14.0. The van der Waals surface area contributed by atoms with Crippen molar-refractivity contribution in [3.63, 3.8) is 0 Å². The Kier molecular flexibility index (Phi) is 18.2. The van der Waals surface area contributed by atoms with E-state index < -0.39 is 18.1 Å². The predicted octanol–water partition coefficient (Wildman–Crippen LogP) is 6.15. The second-order valence-corrected chi connectivity index (χ2v) is 17.1. The standard InChI is InChI=1S/C45H67N7O5S/c1-10-31(4)37(51(8)40(54)28-48-44(56)41(30(2)3)50(7)29-34-18-20-35(46-6)21-19-34)22-23-39(53)52-25-14-17-38(52)42(57-9)32(5)43(55)49-36(45-47-24-26-58-45)27-33-15-12-11-13-16-33/h11-13,15-16,18-21,24,26,30-32,36-38,41-42,46H,10,14,17,22-23,25,27-29H2,1-9H3,(H,48,56)(H,49,55)/t31-,32?,36?,37+,38-,41?,42?/m0/s1. The maximum Gasteiger partial charge on any atom is 0.241 e. The van der Waals surface area contributed by atoms with Crippen LogP contribution in [0.25, 0.3) is 0 Å². The van der Waals surface area contributed by atoms with E-state index in [1.165, 1.54) is 11.3 Å². The Morgan fingerprint density at radius 2 is 1.69 bits per heavy atom. The lowest BCUT2D eigenvalue weighted by atomic mass is 9.92. The van der Waals surface area contributed by atoms with Crippen LogP contribution in [0.3, 0.4) is 0 Å². The number of methoxy groups -OCH3 is 1. The van der Waals surface area contributed by atoms with Gasteiger partial charge in [0.05, 0.1) is 36.7 Å². The van der Waals surface area contributed by atoms with Gasteiger partial charge < -0.3 is 30.5 Å². The zero-order valence-electron chi connectivity index (χ0n) is 36.1. The SMILES string of the molecule is CC[C@H](C)[C@@H](CCC(=O)N1CCC[C@H]1C(OC)C(C)C(=O)NC(Cc1ccccc1)c1nccs1)N(C)C(=O)CNC(=O)C(C(C)C)N(C)Cc1ccc(NC)cc1. The summed E-state index contributed by atoms with van der Waals surface area (Å²) in [5.74, 6) is -0.892. The number of likely N-dealkylation sites (N-methyl/N-ethyl adjacent to an activating group) is 2. The molecule has 3 aromatic rings. The van der Waals surface area contributed by atoms with E-state index >= 15 is 0 Å². The number of hydrogen-bond acceptors (Lipinski definition) is 9. The normalized spacial score (nSPS) is 17.3. The fraction of sp³-hybridized carbons (Fsp3) is 0.578. The monoisotopic (exact) mass is 817 g/mol. The smallest absolute Gasteiger partial charge is 0.241 e. The minimum atomic E-state index is -0.520. The Hall–Kier alpha value is -4.33. The highest BCUT2D eigenvalue weighted by Crippen LogP contribution is 2.30. The van der Waals surface area contributed by atoms with Crippen LogP contribution in [0.1, 0.15) is 88.9 Å². The van der Waals surface area contributed by atoms with E-state index in [0.29, 0.717) is 25.9 Å². The molecule has 12 nitrogen and oxygen atoms in total. The molecule has 4 amide bonds. The lowest BCUT2D eigenvalue weighted by molar-refractivity contribution is -0.141. The van der Waals surface area contributed by atoms with Crippen LogP contribution in [0.15, 0.2) is 66.2 Å². The number of thiazole rings is 1. The van der Waals surface area contributed by atoms with E-state index in [9.17, 15) is 19.2 Å². The number of nitrogens with one attached hydrogen (secondary N) is 3. The molecule has 1 aliphatic heterocycles. The molecule has 1 saturated heterocycles. The largest absolute Gasteiger partial charge is 0.388 e. The Labute approximate surface area is 350 Å². The van der Waals surface area contributed by atoms with Crippen LogP contribution >= 0.6 is 11.3 Å². The fourth-order valence-corrected chi connectivity index (χ4v) is 9.04. The lowest BCUT2D eigenvalue weighted by Crippen LogP contribution is -2.52. The van der Waals surface area contributed by atoms with Crippen molar-refractivity contribution in [3.05, 3.63) is 82.3 Å². The van der Waals surface area contributed by atoms with Crippen LogP contribution in [0.5, 0.6) is 0 Å². The molecule has 0 bridgehead atoms. The number of nitrogens with zero attached hydrogens (tertiary/aromatic N) is 4. The van der Waals surface area contributed by atoms with Crippen molar-refractivity contribution < 1.29 is 23.9 Å². The first-order valence-corrected chi connectivity index (χ1v) is 21.7. The van der Waals surface area contributed by atoms with Gasteiger partial charge in [-0.2, -0.15) is 0 Å². The molecule has 318 valence electrons. The summed E-state index contributed by atoms with van der Waals surface area (Å²) in [6.45, 7) is 11.1. The van der Waals surface area contributed by atoms with Crippen LogP contribution < -0.4 is 16.0 Å². The number of hydrogen-bond donors (Lipinski definition) is 3. The van der Waals surface area contributed by atoms with E-state index in [-0.39, 0.29) is 66.6 Å². The zero-order chi connectivity index (χ0) is 42.4. The van der Waals surface area contributed by atoms with E-state index in [2.05, 4.69) is 34.8 Å². The highest BCUT2D eigenvalue weighted by molar-refractivity contribution is 7.09. The van der Waals surface area contributed by atoms with Crippen LogP contribution in [0.4, 0.5) is 5.69 Å². The molecule has 2 heterocycles. The fourth-order valence-electron chi connectivity index (χ4n) is 8.35. The van der Waals surface area contributed by atoms with Gasteiger partial charge in [-0.25, -0.2) is 4.98 Å². The van der Waals surface area contributed by atoms with Gasteiger partial charge in [0.2, 0.25) is 23.6 Å². The van der Waals surface area contributed by atoms with Crippen molar-refractivity contribution in [1.29, 1.82) is 0 Å². The maximum absolute atomic E-state index is 14.0. The predicted molar refractivity (Wildman–Crippen MR) is 232 cm³/mol. The molecule has 0 saturated carbocycles. The van der Waals surface area contributed by atoms with Gasteiger partial charge in [-0.15, -0.1) is 11.3 Å². The Morgan fingerprint density at radius 3 is 2.29 bits per heavy atom. The van der Waals surface area contributed by atoms with Crippen LogP contribution in [0, 0.1) is 17.8 Å². The lowest BCUT2D eigenvalue weighted by Gasteiger charge is -2.36. The third-order valence-electron chi connectivity index (χ3n) is 11.8. The summed E-state index contributed by atoms with van der Waals surface area (Å²) in [5, 5.41) is 12.0. The number of carbonyl (C=O) groups is 4. The summed E-state index contributed by atoms with van der Waals surface area (Å²) in [6, 6.07) is 17.0. The third-order valence-corrected chi connectivity index (χ3v) is 12.7.